The average Bonchev–Trinajstić information content (AvgIpc) is 2.21. The Kier molecular flexibility index (Phi) is 3.44. The van der Waals surface area contributed by atoms with Gasteiger partial charge in [0.15, 0.2) is 0 Å². The third-order valence-corrected chi connectivity index (χ3v) is 6.21. The van der Waals surface area contributed by atoms with Crippen LogP contribution in [-0.4, -0.2) is 18.0 Å². The lowest BCUT2D eigenvalue weighted by Gasteiger charge is -2.64. The molecule has 0 aliphatic heterocycles. The Hall–Kier alpha value is -0.570. The number of rotatable bonds is 4. The lowest BCUT2D eigenvalue weighted by molar-refractivity contribution is -0.170. The molecule has 1 amide bonds. The van der Waals surface area contributed by atoms with Crippen molar-refractivity contribution in [3.05, 3.63) is 0 Å². The molecule has 4 unspecified atom stereocenters. The van der Waals surface area contributed by atoms with Crippen molar-refractivity contribution in [2.45, 2.75) is 84.7 Å². The molecule has 4 rings (SSSR count). The lowest BCUT2D eigenvalue weighted by atomic mass is 9.40. The van der Waals surface area contributed by atoms with Crippen LogP contribution in [0.4, 0.5) is 0 Å². The number of nitrogens with one attached hydrogen (secondary N) is 1. The fourth-order valence-electron chi connectivity index (χ4n) is 6.69. The Morgan fingerprint density at radius 2 is 1.71 bits per heavy atom. The van der Waals surface area contributed by atoms with E-state index in [1.807, 2.05) is 6.92 Å². The van der Waals surface area contributed by atoms with Crippen LogP contribution in [0.25, 0.3) is 0 Å². The standard InChI is InChI=1S/C18H32N2O/c1-12(19)5-13(2)20-15(21)18-8-14-6-16(3,10-18)9-17(4,7-14)11-18/h12-14H,5-11,19H2,1-4H3,(H,20,21). The first-order valence-electron chi connectivity index (χ1n) is 8.70. The van der Waals surface area contributed by atoms with Crippen molar-refractivity contribution in [2.24, 2.45) is 27.9 Å². The quantitative estimate of drug-likeness (QED) is 0.836. The predicted molar refractivity (Wildman–Crippen MR) is 85.7 cm³/mol. The third kappa shape index (κ3) is 2.74. The zero-order chi connectivity index (χ0) is 15.5. The summed E-state index contributed by atoms with van der Waals surface area (Å²) < 4.78 is 0. The fourth-order valence-corrected chi connectivity index (χ4v) is 6.69. The minimum Gasteiger partial charge on any atom is -0.353 e. The van der Waals surface area contributed by atoms with Crippen LogP contribution in [-0.2, 0) is 4.79 Å². The van der Waals surface area contributed by atoms with E-state index in [-0.39, 0.29) is 17.5 Å². The number of carbonyl (C=O) groups is 1. The molecule has 4 atom stereocenters. The summed E-state index contributed by atoms with van der Waals surface area (Å²) in [4.78, 5) is 13.0. The average molecular weight is 292 g/mol. The van der Waals surface area contributed by atoms with Crippen molar-refractivity contribution in [3.8, 4) is 0 Å². The van der Waals surface area contributed by atoms with Crippen LogP contribution in [0.15, 0.2) is 0 Å². The van der Waals surface area contributed by atoms with Gasteiger partial charge in [0.25, 0.3) is 0 Å². The number of hydrogen-bond acceptors (Lipinski definition) is 2. The number of amides is 1. The monoisotopic (exact) mass is 292 g/mol. The van der Waals surface area contributed by atoms with Crippen LogP contribution >= 0.6 is 0 Å². The van der Waals surface area contributed by atoms with E-state index in [2.05, 4.69) is 26.1 Å². The molecule has 4 saturated carbocycles. The van der Waals surface area contributed by atoms with Gasteiger partial charge in [-0.2, -0.15) is 0 Å². The SMILES string of the molecule is CC(N)CC(C)NC(=O)C12CC3CC(C)(CC(C)(C3)C1)C2. The summed E-state index contributed by atoms with van der Waals surface area (Å²) in [6, 6.07) is 0.331. The third-order valence-electron chi connectivity index (χ3n) is 6.21. The Labute approximate surface area is 129 Å². The summed E-state index contributed by atoms with van der Waals surface area (Å²) in [7, 11) is 0. The van der Waals surface area contributed by atoms with E-state index in [9.17, 15) is 4.79 Å². The highest BCUT2D eigenvalue weighted by Gasteiger charge is 2.62. The van der Waals surface area contributed by atoms with Crippen molar-refractivity contribution < 1.29 is 4.79 Å². The maximum absolute atomic E-state index is 13.0. The molecule has 4 aliphatic rings. The Morgan fingerprint density at radius 3 is 2.19 bits per heavy atom. The summed E-state index contributed by atoms with van der Waals surface area (Å²) in [5, 5.41) is 3.28. The Morgan fingerprint density at radius 1 is 1.14 bits per heavy atom. The molecule has 0 saturated heterocycles. The van der Waals surface area contributed by atoms with Crippen LogP contribution < -0.4 is 11.1 Å². The minimum atomic E-state index is -0.0883. The van der Waals surface area contributed by atoms with Gasteiger partial charge in [-0.05, 0) is 75.5 Å². The molecule has 0 aromatic carbocycles. The van der Waals surface area contributed by atoms with Crippen LogP contribution in [0, 0.1) is 22.2 Å². The number of nitrogens with two attached hydrogens (primary N) is 1. The molecule has 21 heavy (non-hydrogen) atoms. The van der Waals surface area contributed by atoms with Gasteiger partial charge in [0, 0.05) is 12.1 Å². The highest BCUT2D eigenvalue weighted by molar-refractivity contribution is 5.83. The van der Waals surface area contributed by atoms with Crippen molar-refractivity contribution in [3.63, 3.8) is 0 Å². The molecule has 3 heteroatoms. The first-order chi connectivity index (χ1) is 9.64. The second-order valence-electron chi connectivity index (χ2n) is 9.50. The van der Waals surface area contributed by atoms with Crippen LogP contribution in [0.3, 0.4) is 0 Å². The molecule has 0 radical (unpaired) electrons. The Bertz CT molecular complexity index is 426. The molecule has 4 fully saturated rings. The van der Waals surface area contributed by atoms with Crippen molar-refractivity contribution in [2.75, 3.05) is 0 Å². The fraction of sp³-hybridized carbons (Fsp3) is 0.944. The molecular weight excluding hydrogens is 260 g/mol. The van der Waals surface area contributed by atoms with Crippen LogP contribution in [0.5, 0.6) is 0 Å². The molecular formula is C18H32N2O. The zero-order valence-electron chi connectivity index (χ0n) is 14.2. The lowest BCUT2D eigenvalue weighted by Crippen LogP contribution is -2.60. The maximum atomic E-state index is 13.0. The van der Waals surface area contributed by atoms with E-state index in [1.165, 1.54) is 19.3 Å². The molecule has 0 aromatic heterocycles. The van der Waals surface area contributed by atoms with E-state index in [4.69, 9.17) is 5.73 Å². The van der Waals surface area contributed by atoms with E-state index in [1.54, 1.807) is 0 Å². The van der Waals surface area contributed by atoms with Gasteiger partial charge in [-0.3, -0.25) is 4.79 Å². The molecule has 0 spiro atoms. The van der Waals surface area contributed by atoms with Crippen LogP contribution in [0.1, 0.15) is 72.6 Å². The summed E-state index contributed by atoms with van der Waals surface area (Å²) in [5.74, 6) is 1.09. The van der Waals surface area contributed by atoms with Gasteiger partial charge < -0.3 is 11.1 Å². The molecule has 0 aromatic rings. The van der Waals surface area contributed by atoms with Crippen molar-refractivity contribution in [1.82, 2.24) is 5.32 Å². The normalized spacial score (nSPS) is 47.2. The van der Waals surface area contributed by atoms with E-state index in [0.29, 0.717) is 16.7 Å². The summed E-state index contributed by atoms with van der Waals surface area (Å²) in [6.07, 6.45) is 8.18. The van der Waals surface area contributed by atoms with E-state index < -0.39 is 0 Å². The number of hydrogen-bond donors (Lipinski definition) is 2. The van der Waals surface area contributed by atoms with Gasteiger partial charge in [0.1, 0.15) is 0 Å². The first-order valence-corrected chi connectivity index (χ1v) is 8.70. The summed E-state index contributed by atoms with van der Waals surface area (Å²) >= 11 is 0. The van der Waals surface area contributed by atoms with Gasteiger partial charge in [0.2, 0.25) is 5.91 Å². The summed E-state index contributed by atoms with van der Waals surface area (Å²) in [6.45, 7) is 8.94. The topological polar surface area (TPSA) is 55.1 Å². The number of carbonyl (C=O) groups excluding carboxylic acids is 1. The smallest absolute Gasteiger partial charge is 0.226 e. The minimum absolute atomic E-state index is 0.0883. The second kappa shape index (κ2) is 4.71. The van der Waals surface area contributed by atoms with Gasteiger partial charge in [0.05, 0.1) is 5.41 Å². The van der Waals surface area contributed by atoms with Gasteiger partial charge in [-0.25, -0.2) is 0 Å². The highest BCUT2D eigenvalue weighted by Crippen LogP contribution is 2.69. The Balaban J connectivity index is 1.76. The van der Waals surface area contributed by atoms with E-state index >= 15 is 0 Å². The second-order valence-corrected chi connectivity index (χ2v) is 9.50. The molecule has 3 N–H and O–H groups in total. The first kappa shape index (κ1) is 15.3. The maximum Gasteiger partial charge on any atom is 0.226 e. The van der Waals surface area contributed by atoms with Crippen molar-refractivity contribution in [1.29, 1.82) is 0 Å². The van der Waals surface area contributed by atoms with Crippen LogP contribution in [0.2, 0.25) is 0 Å². The largest absolute Gasteiger partial charge is 0.353 e. The van der Waals surface area contributed by atoms with Gasteiger partial charge >= 0.3 is 0 Å². The van der Waals surface area contributed by atoms with Crippen molar-refractivity contribution >= 4 is 5.91 Å². The van der Waals surface area contributed by atoms with E-state index in [0.717, 1.165) is 31.6 Å². The highest BCUT2D eigenvalue weighted by atomic mass is 16.2. The zero-order valence-corrected chi connectivity index (χ0v) is 14.2. The molecule has 4 aliphatic carbocycles. The molecule has 4 bridgehead atoms. The molecule has 120 valence electrons. The molecule has 0 heterocycles. The predicted octanol–water partition coefficient (Wildman–Crippen LogP) is 3.23. The summed E-state index contributed by atoms with van der Waals surface area (Å²) in [5.41, 5.74) is 6.58. The molecule has 3 nitrogen and oxygen atoms in total. The van der Waals surface area contributed by atoms with Gasteiger partial charge in [-0.15, -0.1) is 0 Å². The van der Waals surface area contributed by atoms with Gasteiger partial charge in [-0.1, -0.05) is 13.8 Å².